The molecule has 2 atom stereocenters. The van der Waals surface area contributed by atoms with Crippen molar-refractivity contribution in [3.63, 3.8) is 0 Å². The van der Waals surface area contributed by atoms with Gasteiger partial charge in [-0.15, -0.1) is 0 Å². The topological polar surface area (TPSA) is 75.4 Å². The lowest BCUT2D eigenvalue weighted by molar-refractivity contribution is 0.0915. The van der Waals surface area contributed by atoms with E-state index in [-0.39, 0.29) is 24.5 Å². The molecule has 1 aromatic carbocycles. The lowest BCUT2D eigenvalue weighted by Crippen LogP contribution is -2.38. The number of hydrogen-bond donors (Lipinski definition) is 3. The number of hydrogen-bond acceptors (Lipinski definition) is 3. The molecular formula is C13H17BrN2O2. The average Bonchev–Trinajstić information content (AvgIpc) is 2.79. The summed E-state index contributed by atoms with van der Waals surface area (Å²) in [6.07, 6.45) is 2.95. The summed E-state index contributed by atoms with van der Waals surface area (Å²) in [5.41, 5.74) is 6.84. The van der Waals surface area contributed by atoms with Gasteiger partial charge in [-0.3, -0.25) is 4.79 Å². The summed E-state index contributed by atoms with van der Waals surface area (Å²) in [6.45, 7) is 0.128. The van der Waals surface area contributed by atoms with Crippen LogP contribution in [-0.2, 0) is 0 Å². The van der Waals surface area contributed by atoms with Gasteiger partial charge in [-0.2, -0.15) is 0 Å². The van der Waals surface area contributed by atoms with Gasteiger partial charge in [0.15, 0.2) is 0 Å². The molecule has 2 rings (SSSR count). The Balaban J connectivity index is 2.10. The van der Waals surface area contributed by atoms with Crippen LogP contribution in [0.1, 0.15) is 29.6 Å². The first-order valence-electron chi connectivity index (χ1n) is 6.09. The van der Waals surface area contributed by atoms with E-state index in [1.165, 1.54) is 0 Å². The third-order valence-electron chi connectivity index (χ3n) is 3.48. The first-order chi connectivity index (χ1) is 8.63. The molecule has 18 heavy (non-hydrogen) atoms. The number of nitrogen functional groups attached to an aromatic ring is 1. The van der Waals surface area contributed by atoms with Crippen molar-refractivity contribution in [3.8, 4) is 0 Å². The normalized spacial score (nSPS) is 23.0. The first kappa shape index (κ1) is 13.4. The van der Waals surface area contributed by atoms with Crippen LogP contribution < -0.4 is 11.1 Å². The zero-order chi connectivity index (χ0) is 13.1. The summed E-state index contributed by atoms with van der Waals surface area (Å²) < 4.78 is 0.626. The van der Waals surface area contributed by atoms with E-state index in [2.05, 4.69) is 21.2 Å². The van der Waals surface area contributed by atoms with Gasteiger partial charge < -0.3 is 16.2 Å². The number of benzene rings is 1. The fourth-order valence-corrected chi connectivity index (χ4v) is 2.86. The van der Waals surface area contributed by atoms with Crippen molar-refractivity contribution < 1.29 is 9.90 Å². The van der Waals surface area contributed by atoms with Crippen LogP contribution in [0.3, 0.4) is 0 Å². The summed E-state index contributed by atoms with van der Waals surface area (Å²) in [5.74, 6) is 0.0355. The van der Waals surface area contributed by atoms with E-state index in [1.807, 2.05) is 0 Å². The van der Waals surface area contributed by atoms with Crippen LogP contribution in [0.25, 0.3) is 0 Å². The van der Waals surface area contributed by atoms with Gasteiger partial charge in [-0.1, -0.05) is 12.5 Å². The second-order valence-electron chi connectivity index (χ2n) is 4.66. The van der Waals surface area contributed by atoms with Crippen molar-refractivity contribution in [2.75, 3.05) is 12.3 Å². The summed E-state index contributed by atoms with van der Waals surface area (Å²) in [6, 6.07) is 5.30. The van der Waals surface area contributed by atoms with Gasteiger partial charge in [0, 0.05) is 24.3 Å². The molecule has 0 aromatic heterocycles. The van der Waals surface area contributed by atoms with Gasteiger partial charge in [-0.25, -0.2) is 0 Å². The van der Waals surface area contributed by atoms with E-state index in [9.17, 15) is 9.90 Å². The van der Waals surface area contributed by atoms with Crippen LogP contribution in [-0.4, -0.2) is 23.7 Å². The molecule has 0 spiro atoms. The molecule has 5 heteroatoms. The third-order valence-corrected chi connectivity index (χ3v) is 4.37. The molecule has 1 amide bonds. The van der Waals surface area contributed by atoms with Crippen molar-refractivity contribution in [2.24, 2.45) is 5.92 Å². The highest BCUT2D eigenvalue weighted by atomic mass is 79.9. The number of carbonyl (C=O) groups is 1. The Morgan fingerprint density at radius 1 is 1.50 bits per heavy atom. The molecule has 0 bridgehead atoms. The lowest BCUT2D eigenvalue weighted by atomic mass is 10.0. The highest BCUT2D eigenvalue weighted by Gasteiger charge is 2.28. The molecular weight excluding hydrogens is 296 g/mol. The number of aliphatic hydroxyl groups excluding tert-OH is 1. The fourth-order valence-electron chi connectivity index (χ4n) is 2.42. The predicted octanol–water partition coefficient (Wildman–Crippen LogP) is 1.92. The Morgan fingerprint density at radius 2 is 2.28 bits per heavy atom. The van der Waals surface area contributed by atoms with Crippen LogP contribution in [0.5, 0.6) is 0 Å². The van der Waals surface area contributed by atoms with Crippen LogP contribution >= 0.6 is 15.9 Å². The van der Waals surface area contributed by atoms with Crippen molar-refractivity contribution in [1.29, 1.82) is 0 Å². The molecule has 0 heterocycles. The lowest BCUT2D eigenvalue weighted by Gasteiger charge is -2.19. The quantitative estimate of drug-likeness (QED) is 0.746. The molecule has 1 aliphatic carbocycles. The molecule has 1 fully saturated rings. The summed E-state index contributed by atoms with van der Waals surface area (Å²) >= 11 is 3.33. The molecule has 0 saturated heterocycles. The van der Waals surface area contributed by atoms with E-state index >= 15 is 0 Å². The monoisotopic (exact) mass is 312 g/mol. The second-order valence-corrected chi connectivity index (χ2v) is 5.46. The summed E-state index contributed by atoms with van der Waals surface area (Å²) in [4.78, 5) is 12.2. The number of nitrogens with two attached hydrogens (primary N) is 1. The number of halogens is 1. The van der Waals surface area contributed by atoms with Crippen molar-refractivity contribution >= 4 is 27.5 Å². The van der Waals surface area contributed by atoms with Gasteiger partial charge >= 0.3 is 0 Å². The van der Waals surface area contributed by atoms with E-state index in [1.54, 1.807) is 18.2 Å². The van der Waals surface area contributed by atoms with Crippen LogP contribution in [0, 0.1) is 5.92 Å². The first-order valence-corrected chi connectivity index (χ1v) is 6.88. The standard InChI is InChI=1S/C13H17BrN2O2/c14-12-9(4-2-5-10(12)15)13(18)16-11-6-1-3-8(11)7-17/h2,4-5,8,11,17H,1,3,6-7,15H2,(H,16,18). The van der Waals surface area contributed by atoms with Gasteiger partial charge in [0.1, 0.15) is 0 Å². The third kappa shape index (κ3) is 2.67. The minimum Gasteiger partial charge on any atom is -0.398 e. The average molecular weight is 313 g/mol. The molecule has 4 N–H and O–H groups in total. The minimum atomic E-state index is -0.139. The molecule has 98 valence electrons. The second kappa shape index (κ2) is 5.71. The van der Waals surface area contributed by atoms with E-state index < -0.39 is 0 Å². The molecule has 1 aromatic rings. The maximum absolute atomic E-state index is 12.2. The molecule has 1 saturated carbocycles. The van der Waals surface area contributed by atoms with E-state index in [0.29, 0.717) is 15.7 Å². The van der Waals surface area contributed by atoms with Gasteiger partial charge in [0.2, 0.25) is 0 Å². The highest BCUT2D eigenvalue weighted by molar-refractivity contribution is 9.10. The smallest absolute Gasteiger partial charge is 0.252 e. The number of rotatable bonds is 3. The van der Waals surface area contributed by atoms with E-state index in [4.69, 9.17) is 5.73 Å². The highest BCUT2D eigenvalue weighted by Crippen LogP contribution is 2.27. The van der Waals surface area contributed by atoms with Gasteiger partial charge in [0.05, 0.1) is 10.0 Å². The Hall–Kier alpha value is -1.07. The molecule has 4 nitrogen and oxygen atoms in total. The molecule has 2 unspecified atom stereocenters. The molecule has 1 aliphatic rings. The number of amides is 1. The minimum absolute atomic E-state index is 0.0656. The number of aliphatic hydroxyl groups is 1. The Morgan fingerprint density at radius 3 is 3.00 bits per heavy atom. The number of anilines is 1. The summed E-state index contributed by atoms with van der Waals surface area (Å²) in [7, 11) is 0. The van der Waals surface area contributed by atoms with Gasteiger partial charge in [0.25, 0.3) is 5.91 Å². The van der Waals surface area contributed by atoms with E-state index in [0.717, 1.165) is 19.3 Å². The van der Waals surface area contributed by atoms with Crippen molar-refractivity contribution in [2.45, 2.75) is 25.3 Å². The summed E-state index contributed by atoms with van der Waals surface area (Å²) in [5, 5.41) is 12.2. The SMILES string of the molecule is Nc1cccc(C(=O)NC2CCCC2CO)c1Br. The number of carbonyl (C=O) groups excluding carboxylic acids is 1. The van der Waals surface area contributed by atoms with Crippen LogP contribution in [0.2, 0.25) is 0 Å². The van der Waals surface area contributed by atoms with Gasteiger partial charge in [-0.05, 0) is 40.9 Å². The fraction of sp³-hybridized carbons (Fsp3) is 0.462. The zero-order valence-electron chi connectivity index (χ0n) is 10.0. The zero-order valence-corrected chi connectivity index (χ0v) is 11.6. The van der Waals surface area contributed by atoms with Crippen molar-refractivity contribution in [1.82, 2.24) is 5.32 Å². The Kier molecular flexibility index (Phi) is 4.24. The molecule has 0 aliphatic heterocycles. The molecule has 0 radical (unpaired) electrons. The maximum atomic E-state index is 12.2. The Labute approximate surface area is 115 Å². The Bertz CT molecular complexity index is 451. The van der Waals surface area contributed by atoms with Crippen molar-refractivity contribution in [3.05, 3.63) is 28.2 Å². The van der Waals surface area contributed by atoms with Crippen LogP contribution in [0.4, 0.5) is 5.69 Å². The number of nitrogens with one attached hydrogen (secondary N) is 1. The van der Waals surface area contributed by atoms with Crippen LogP contribution in [0.15, 0.2) is 22.7 Å². The maximum Gasteiger partial charge on any atom is 0.252 e. The predicted molar refractivity (Wildman–Crippen MR) is 74.2 cm³/mol. The largest absolute Gasteiger partial charge is 0.398 e.